The Morgan fingerprint density at radius 1 is 1.22 bits per heavy atom. The van der Waals surface area contributed by atoms with Crippen LogP contribution in [0, 0.1) is 13.8 Å². The van der Waals surface area contributed by atoms with Crippen molar-refractivity contribution in [3.05, 3.63) is 35.7 Å². The van der Waals surface area contributed by atoms with Gasteiger partial charge in [0.1, 0.15) is 5.82 Å². The lowest BCUT2D eigenvalue weighted by atomic mass is 10.0. The van der Waals surface area contributed by atoms with Gasteiger partial charge in [-0.2, -0.15) is 0 Å². The molecule has 1 fully saturated rings. The molecule has 1 aromatic carbocycles. The molecule has 0 amide bonds. The monoisotopic (exact) mass is 330 g/mol. The van der Waals surface area contributed by atoms with Gasteiger partial charge in [-0.3, -0.25) is 4.57 Å². The van der Waals surface area contributed by atoms with Crippen molar-refractivity contribution in [3.63, 3.8) is 0 Å². The fourth-order valence-corrected chi connectivity index (χ4v) is 4.33. The summed E-state index contributed by atoms with van der Waals surface area (Å²) in [5.74, 6) is 2.05. The van der Waals surface area contributed by atoms with Gasteiger partial charge >= 0.3 is 0 Å². The molecule has 23 heavy (non-hydrogen) atoms. The van der Waals surface area contributed by atoms with Crippen molar-refractivity contribution in [2.24, 2.45) is 0 Å². The molecule has 0 spiro atoms. The minimum absolute atomic E-state index is 0.729. The van der Waals surface area contributed by atoms with Crippen molar-refractivity contribution in [2.75, 3.05) is 19.3 Å². The second kappa shape index (κ2) is 7.49. The van der Waals surface area contributed by atoms with E-state index in [0.717, 1.165) is 28.5 Å². The smallest absolute Gasteiger partial charge is 0.195 e. The molecule has 4 nitrogen and oxygen atoms in total. The number of hydrogen-bond donors (Lipinski definition) is 0. The van der Waals surface area contributed by atoms with Crippen molar-refractivity contribution in [1.82, 2.24) is 19.7 Å². The van der Waals surface area contributed by atoms with E-state index in [2.05, 4.69) is 57.9 Å². The molecular weight excluding hydrogens is 304 g/mol. The summed E-state index contributed by atoms with van der Waals surface area (Å²) < 4.78 is 2.17. The number of hydrogen-bond acceptors (Lipinski definition) is 4. The zero-order valence-corrected chi connectivity index (χ0v) is 15.1. The van der Waals surface area contributed by atoms with Crippen molar-refractivity contribution in [1.29, 1.82) is 0 Å². The Bertz CT molecular complexity index is 652. The number of benzene rings is 1. The maximum Gasteiger partial charge on any atom is 0.195 e. The van der Waals surface area contributed by atoms with Gasteiger partial charge in [-0.15, -0.1) is 10.2 Å². The Morgan fingerprint density at radius 3 is 2.87 bits per heavy atom. The Hall–Kier alpha value is -1.33. The second-order valence-corrected chi connectivity index (χ2v) is 7.53. The van der Waals surface area contributed by atoms with Crippen molar-refractivity contribution in [2.45, 2.75) is 50.7 Å². The summed E-state index contributed by atoms with van der Waals surface area (Å²) in [6.45, 7) is 5.39. The molecule has 3 rings (SSSR count). The van der Waals surface area contributed by atoms with Crippen molar-refractivity contribution < 1.29 is 0 Å². The number of aromatic nitrogens is 3. The van der Waals surface area contributed by atoms with Crippen LogP contribution < -0.4 is 0 Å². The number of likely N-dealkylation sites (tertiary alicyclic amines) is 1. The summed E-state index contributed by atoms with van der Waals surface area (Å²) in [6.07, 6.45) is 5.28. The van der Waals surface area contributed by atoms with Crippen LogP contribution in [0.2, 0.25) is 0 Å². The van der Waals surface area contributed by atoms with E-state index in [1.54, 1.807) is 0 Å². The van der Waals surface area contributed by atoms with Crippen LogP contribution in [0.1, 0.15) is 37.1 Å². The minimum Gasteiger partial charge on any atom is -0.303 e. The Kier molecular flexibility index (Phi) is 5.38. The van der Waals surface area contributed by atoms with Crippen LogP contribution in [0.25, 0.3) is 5.69 Å². The standard InChI is InChI=1S/C18H26N4S/c1-14-7-6-9-17(13-14)22-15(2)19-20-18(22)23-12-10-16-8-4-5-11-21(16)3/h6-7,9,13,16H,4-5,8,10-12H2,1-3H3/t16-/m0/s1. The molecule has 1 aliphatic heterocycles. The lowest BCUT2D eigenvalue weighted by Crippen LogP contribution is -2.36. The molecule has 0 aliphatic carbocycles. The normalized spacial score (nSPS) is 19.2. The highest BCUT2D eigenvalue weighted by atomic mass is 32.2. The first kappa shape index (κ1) is 16.5. The summed E-state index contributed by atoms with van der Waals surface area (Å²) in [5.41, 5.74) is 2.42. The maximum absolute atomic E-state index is 4.39. The summed E-state index contributed by atoms with van der Waals surface area (Å²) >= 11 is 1.83. The summed E-state index contributed by atoms with van der Waals surface area (Å²) in [6, 6.07) is 9.26. The van der Waals surface area contributed by atoms with Crippen LogP contribution in [-0.4, -0.2) is 45.1 Å². The highest BCUT2D eigenvalue weighted by molar-refractivity contribution is 7.99. The van der Waals surface area contributed by atoms with Gasteiger partial charge < -0.3 is 4.90 Å². The van der Waals surface area contributed by atoms with Gasteiger partial charge in [0.2, 0.25) is 0 Å². The SMILES string of the molecule is Cc1cccc(-n2c(C)nnc2SCC[C@@H]2CCCCN2C)c1. The third kappa shape index (κ3) is 3.96. The van der Waals surface area contributed by atoms with Crippen LogP contribution in [0.4, 0.5) is 0 Å². The molecule has 0 saturated carbocycles. The molecule has 2 aromatic rings. The minimum atomic E-state index is 0.729. The van der Waals surface area contributed by atoms with Crippen LogP contribution >= 0.6 is 11.8 Å². The molecular formula is C18H26N4S. The number of rotatable bonds is 5. The van der Waals surface area contributed by atoms with Gasteiger partial charge in [-0.25, -0.2) is 0 Å². The lowest BCUT2D eigenvalue weighted by molar-refractivity contribution is 0.182. The highest BCUT2D eigenvalue weighted by Gasteiger charge is 2.19. The molecule has 1 atom stereocenters. The molecule has 0 N–H and O–H groups in total. The molecule has 1 aromatic heterocycles. The van der Waals surface area contributed by atoms with Gasteiger partial charge in [-0.05, 0) is 64.4 Å². The number of piperidine rings is 1. The van der Waals surface area contributed by atoms with Crippen LogP contribution in [0.5, 0.6) is 0 Å². The third-order valence-electron chi connectivity index (χ3n) is 4.66. The second-order valence-electron chi connectivity index (χ2n) is 6.47. The third-order valence-corrected chi connectivity index (χ3v) is 5.62. The molecule has 0 bridgehead atoms. The topological polar surface area (TPSA) is 34.0 Å². The average Bonchev–Trinajstić information content (AvgIpc) is 2.90. The van der Waals surface area contributed by atoms with E-state index >= 15 is 0 Å². The van der Waals surface area contributed by atoms with E-state index in [1.807, 2.05) is 18.7 Å². The molecule has 2 heterocycles. The quantitative estimate of drug-likeness (QED) is 0.780. The van der Waals surface area contributed by atoms with Crippen LogP contribution in [0.15, 0.2) is 29.4 Å². The maximum atomic E-state index is 4.39. The molecule has 1 aliphatic rings. The van der Waals surface area contributed by atoms with Gasteiger partial charge in [0.05, 0.1) is 0 Å². The Morgan fingerprint density at radius 2 is 2.09 bits per heavy atom. The van der Waals surface area contributed by atoms with Gasteiger partial charge in [0, 0.05) is 17.5 Å². The first-order valence-electron chi connectivity index (χ1n) is 8.47. The average molecular weight is 331 g/mol. The summed E-state index contributed by atoms with van der Waals surface area (Å²) in [7, 11) is 2.26. The molecule has 124 valence electrons. The van der Waals surface area contributed by atoms with Gasteiger partial charge in [0.25, 0.3) is 0 Å². The largest absolute Gasteiger partial charge is 0.303 e. The van der Waals surface area contributed by atoms with Gasteiger partial charge in [-0.1, -0.05) is 30.3 Å². The van der Waals surface area contributed by atoms with E-state index in [4.69, 9.17) is 0 Å². The van der Waals surface area contributed by atoms with E-state index < -0.39 is 0 Å². The first-order chi connectivity index (χ1) is 11.1. The van der Waals surface area contributed by atoms with E-state index in [0.29, 0.717) is 0 Å². The summed E-state index contributed by atoms with van der Waals surface area (Å²) in [4.78, 5) is 2.51. The van der Waals surface area contributed by atoms with Gasteiger partial charge in [0.15, 0.2) is 5.16 Å². The molecule has 5 heteroatoms. The summed E-state index contributed by atoms with van der Waals surface area (Å²) in [5, 5.41) is 9.68. The van der Waals surface area contributed by atoms with Crippen LogP contribution in [-0.2, 0) is 0 Å². The highest BCUT2D eigenvalue weighted by Crippen LogP contribution is 2.25. The van der Waals surface area contributed by atoms with E-state index in [-0.39, 0.29) is 0 Å². The fourth-order valence-electron chi connectivity index (χ4n) is 3.30. The molecule has 0 radical (unpaired) electrons. The Balaban J connectivity index is 1.67. The fraction of sp³-hybridized carbons (Fsp3) is 0.556. The molecule has 0 unspecified atom stereocenters. The number of thioether (sulfide) groups is 1. The van der Waals surface area contributed by atoms with E-state index in [9.17, 15) is 0 Å². The van der Waals surface area contributed by atoms with Crippen molar-refractivity contribution in [3.8, 4) is 5.69 Å². The first-order valence-corrected chi connectivity index (χ1v) is 9.46. The zero-order valence-electron chi connectivity index (χ0n) is 14.3. The zero-order chi connectivity index (χ0) is 16.2. The predicted octanol–water partition coefficient (Wildman–Crippen LogP) is 3.85. The lowest BCUT2D eigenvalue weighted by Gasteiger charge is -2.32. The molecule has 1 saturated heterocycles. The number of aryl methyl sites for hydroxylation is 2. The predicted molar refractivity (Wildman–Crippen MR) is 96.4 cm³/mol. The Labute approximate surface area is 143 Å². The van der Waals surface area contributed by atoms with Crippen molar-refractivity contribution >= 4 is 11.8 Å². The van der Waals surface area contributed by atoms with E-state index in [1.165, 1.54) is 37.8 Å². The number of nitrogens with zero attached hydrogens (tertiary/aromatic N) is 4. The van der Waals surface area contributed by atoms with Crippen LogP contribution in [0.3, 0.4) is 0 Å².